The van der Waals surface area contributed by atoms with Crippen LogP contribution in [-0.4, -0.2) is 65.1 Å². The van der Waals surface area contributed by atoms with Crippen molar-refractivity contribution in [1.29, 1.82) is 0 Å². The third-order valence-corrected chi connectivity index (χ3v) is 8.48. The molecule has 1 saturated heterocycles. The van der Waals surface area contributed by atoms with Crippen molar-refractivity contribution < 1.29 is 19.1 Å². The first-order valence-corrected chi connectivity index (χ1v) is 14.5. The van der Waals surface area contributed by atoms with Gasteiger partial charge in [0.05, 0.1) is 18.3 Å². The van der Waals surface area contributed by atoms with Crippen molar-refractivity contribution in [3.8, 4) is 0 Å². The van der Waals surface area contributed by atoms with Crippen LogP contribution in [0.5, 0.6) is 0 Å². The van der Waals surface area contributed by atoms with Crippen LogP contribution in [0.2, 0.25) is 5.02 Å². The Labute approximate surface area is 235 Å². The van der Waals surface area contributed by atoms with Crippen LogP contribution in [0.15, 0.2) is 36.8 Å². The number of H-pyrrole nitrogens is 1. The molecule has 3 N–H and O–H groups in total. The van der Waals surface area contributed by atoms with E-state index in [4.69, 9.17) is 16.3 Å². The van der Waals surface area contributed by atoms with Gasteiger partial charge < -0.3 is 25.3 Å². The maximum absolute atomic E-state index is 13.8. The molecule has 0 spiro atoms. The summed E-state index contributed by atoms with van der Waals surface area (Å²) in [6.07, 6.45) is 11.0. The summed E-state index contributed by atoms with van der Waals surface area (Å²) in [4.78, 5) is 48.6. The van der Waals surface area contributed by atoms with E-state index < -0.39 is 17.5 Å². The maximum atomic E-state index is 13.8. The lowest BCUT2D eigenvalue weighted by Gasteiger charge is -2.46. The number of urea groups is 1. The number of esters is 1. The van der Waals surface area contributed by atoms with Gasteiger partial charge in [-0.3, -0.25) is 9.59 Å². The van der Waals surface area contributed by atoms with Crippen molar-refractivity contribution in [2.45, 2.75) is 70.8 Å². The highest BCUT2D eigenvalue weighted by atomic mass is 35.5. The van der Waals surface area contributed by atoms with Gasteiger partial charge in [-0.25, -0.2) is 9.78 Å². The number of likely N-dealkylation sites (tertiary alicyclic amines) is 1. The average Bonchev–Trinajstić information content (AvgIpc) is 3.48. The van der Waals surface area contributed by atoms with Crippen molar-refractivity contribution in [2.75, 3.05) is 26.2 Å². The minimum atomic E-state index is -0.747. The van der Waals surface area contributed by atoms with E-state index in [1.165, 1.54) is 6.42 Å². The fourth-order valence-electron chi connectivity index (χ4n) is 6.05. The molecule has 0 bridgehead atoms. The van der Waals surface area contributed by atoms with Crippen LogP contribution >= 0.6 is 11.6 Å². The highest BCUT2D eigenvalue weighted by Crippen LogP contribution is 2.47. The number of carbonyl (C=O) groups is 3. The lowest BCUT2D eigenvalue weighted by atomic mass is 9.63. The van der Waals surface area contributed by atoms with Crippen molar-refractivity contribution in [3.05, 3.63) is 53.1 Å². The smallest absolute Gasteiger partial charge is 0.315 e. The lowest BCUT2D eigenvalue weighted by molar-refractivity contribution is -0.166. The number of hydrogen-bond donors (Lipinski definition) is 3. The fourth-order valence-corrected chi connectivity index (χ4v) is 6.18. The summed E-state index contributed by atoms with van der Waals surface area (Å²) in [7, 11) is 0. The Kier molecular flexibility index (Phi) is 10.3. The zero-order chi connectivity index (χ0) is 27.7. The number of ether oxygens (including phenoxy) is 1. The number of halogens is 1. The molecule has 1 aromatic carbocycles. The third kappa shape index (κ3) is 7.53. The van der Waals surface area contributed by atoms with Gasteiger partial charge in [0.1, 0.15) is 6.04 Å². The molecule has 39 heavy (non-hydrogen) atoms. The van der Waals surface area contributed by atoms with Gasteiger partial charge in [-0.05, 0) is 56.2 Å². The Hall–Kier alpha value is -3.07. The maximum Gasteiger partial charge on any atom is 0.315 e. The molecular formula is C29H40ClN5O4. The second-order valence-electron chi connectivity index (χ2n) is 10.6. The summed E-state index contributed by atoms with van der Waals surface area (Å²) in [6, 6.07) is 6.14. The highest BCUT2D eigenvalue weighted by molar-refractivity contribution is 6.30. The Morgan fingerprint density at radius 3 is 2.51 bits per heavy atom. The summed E-state index contributed by atoms with van der Waals surface area (Å²) in [6.45, 7) is 3.54. The van der Waals surface area contributed by atoms with Gasteiger partial charge in [0, 0.05) is 49.4 Å². The Bertz CT molecular complexity index is 1080. The van der Waals surface area contributed by atoms with Gasteiger partial charge in [0.25, 0.3) is 0 Å². The molecule has 2 heterocycles. The monoisotopic (exact) mass is 557 g/mol. The molecule has 1 aliphatic carbocycles. The summed E-state index contributed by atoms with van der Waals surface area (Å²) in [5.41, 5.74) is 1.28. The second kappa shape index (κ2) is 13.8. The van der Waals surface area contributed by atoms with Gasteiger partial charge in [0.2, 0.25) is 5.91 Å². The summed E-state index contributed by atoms with van der Waals surface area (Å²) >= 11 is 6.06. The third-order valence-electron chi connectivity index (χ3n) is 8.23. The number of rotatable bonds is 10. The van der Waals surface area contributed by atoms with Crippen LogP contribution in [0, 0.1) is 11.3 Å². The number of aromatic amines is 1. The van der Waals surface area contributed by atoms with Gasteiger partial charge in [-0.2, -0.15) is 0 Å². The number of benzene rings is 1. The normalized spacial score (nSPS) is 18.3. The molecule has 2 aromatic rings. The SMILES string of the molecule is CCOC(=O)C1(C2CCCCC2)CCN(C(=O)[C@@H](Cc2ccc(Cl)cc2)NC(=O)NCCc2cnc[nH]2)CC1. The summed E-state index contributed by atoms with van der Waals surface area (Å²) < 4.78 is 5.56. The molecule has 0 radical (unpaired) electrons. The molecule has 2 aliphatic rings. The largest absolute Gasteiger partial charge is 0.466 e. The fraction of sp³-hybridized carbons (Fsp3) is 0.586. The topological polar surface area (TPSA) is 116 Å². The van der Waals surface area contributed by atoms with Crippen molar-refractivity contribution >= 4 is 29.5 Å². The van der Waals surface area contributed by atoms with Crippen LogP contribution in [-0.2, 0) is 27.2 Å². The van der Waals surface area contributed by atoms with Gasteiger partial charge in [-0.1, -0.05) is 43.0 Å². The van der Waals surface area contributed by atoms with Crippen LogP contribution < -0.4 is 10.6 Å². The molecule has 3 amide bonds. The van der Waals surface area contributed by atoms with Crippen LogP contribution in [0.1, 0.15) is 63.1 Å². The Morgan fingerprint density at radius 2 is 1.87 bits per heavy atom. The first kappa shape index (κ1) is 28.9. The summed E-state index contributed by atoms with van der Waals surface area (Å²) in [5.74, 6) is 0.0393. The van der Waals surface area contributed by atoms with E-state index in [2.05, 4.69) is 20.6 Å². The van der Waals surface area contributed by atoms with Crippen molar-refractivity contribution in [2.24, 2.45) is 11.3 Å². The van der Waals surface area contributed by atoms with E-state index in [-0.39, 0.29) is 11.9 Å². The van der Waals surface area contributed by atoms with E-state index in [1.54, 1.807) is 29.6 Å². The standard InChI is InChI=1S/C29H40ClN5O4/c1-2-39-27(37)29(22-6-4-3-5-7-22)13-16-35(17-14-29)26(36)25(18-21-8-10-23(30)11-9-21)34-28(38)32-15-12-24-19-31-20-33-24/h8-11,19-20,22,25H,2-7,12-18H2,1H3,(H,31,33)(H2,32,34,38)/t25-/m1/s1. The Balaban J connectivity index is 1.42. The van der Waals surface area contributed by atoms with E-state index in [1.807, 2.05) is 19.1 Å². The van der Waals surface area contributed by atoms with Gasteiger partial charge in [-0.15, -0.1) is 0 Å². The number of hydrogen-bond acceptors (Lipinski definition) is 5. The zero-order valence-corrected chi connectivity index (χ0v) is 23.5. The predicted octanol–water partition coefficient (Wildman–Crippen LogP) is 4.27. The van der Waals surface area contributed by atoms with Crippen LogP contribution in [0.4, 0.5) is 4.79 Å². The van der Waals surface area contributed by atoms with E-state index in [0.29, 0.717) is 62.9 Å². The van der Waals surface area contributed by atoms with E-state index in [0.717, 1.165) is 36.9 Å². The first-order chi connectivity index (χ1) is 18.9. The highest BCUT2D eigenvalue weighted by Gasteiger charge is 2.49. The number of piperidine rings is 1. The molecule has 212 valence electrons. The molecule has 2 fully saturated rings. The number of amides is 3. The quantitative estimate of drug-likeness (QED) is 0.377. The molecule has 9 nitrogen and oxygen atoms in total. The first-order valence-electron chi connectivity index (χ1n) is 14.1. The molecule has 1 aromatic heterocycles. The number of nitrogens with zero attached hydrogens (tertiary/aromatic N) is 2. The number of nitrogens with one attached hydrogen (secondary N) is 3. The molecule has 4 rings (SSSR count). The van der Waals surface area contributed by atoms with Crippen LogP contribution in [0.25, 0.3) is 0 Å². The number of aromatic nitrogens is 2. The minimum Gasteiger partial charge on any atom is -0.466 e. The number of imidazole rings is 1. The predicted molar refractivity (Wildman–Crippen MR) is 149 cm³/mol. The molecule has 1 saturated carbocycles. The van der Waals surface area contributed by atoms with Crippen molar-refractivity contribution in [1.82, 2.24) is 25.5 Å². The lowest BCUT2D eigenvalue weighted by Crippen LogP contribution is -2.56. The second-order valence-corrected chi connectivity index (χ2v) is 11.1. The van der Waals surface area contributed by atoms with Crippen LogP contribution in [0.3, 0.4) is 0 Å². The van der Waals surface area contributed by atoms with Crippen molar-refractivity contribution in [3.63, 3.8) is 0 Å². The van der Waals surface area contributed by atoms with Gasteiger partial charge in [0.15, 0.2) is 0 Å². The molecule has 10 heteroatoms. The van der Waals surface area contributed by atoms with Gasteiger partial charge >= 0.3 is 12.0 Å². The molecule has 1 aliphatic heterocycles. The van der Waals surface area contributed by atoms with E-state index >= 15 is 0 Å². The Morgan fingerprint density at radius 1 is 1.15 bits per heavy atom. The average molecular weight is 558 g/mol. The minimum absolute atomic E-state index is 0.114. The summed E-state index contributed by atoms with van der Waals surface area (Å²) in [5, 5.41) is 6.34. The molecule has 1 atom stereocenters. The molecule has 0 unspecified atom stereocenters. The number of carbonyl (C=O) groups excluding carboxylic acids is 3. The van der Waals surface area contributed by atoms with E-state index in [9.17, 15) is 14.4 Å². The zero-order valence-electron chi connectivity index (χ0n) is 22.7. The molecular weight excluding hydrogens is 518 g/mol.